The molecule has 3 heterocycles. The van der Waals surface area contributed by atoms with Crippen molar-refractivity contribution in [3.63, 3.8) is 0 Å². The topological polar surface area (TPSA) is 12.1 Å². The number of rotatable bonds is 4. The second-order valence-corrected chi connectivity index (χ2v) is 15.4. The molecule has 12 rings (SSSR count). The molecule has 0 fully saturated rings. The highest BCUT2D eigenvalue weighted by Gasteiger charge is 2.36. The summed E-state index contributed by atoms with van der Waals surface area (Å²) < 4.78 is 5.02. The Morgan fingerprint density at radius 1 is 0.389 bits per heavy atom. The SMILES string of the molecule is CC1(C)c2ccccc2-c2ccc(N(c3ccc4c(c3)n3c5ccccc5c5ccc6c7ccccc7n4c6c53)c3ccccc3-c3ccccc3)cc21. The van der Waals surface area contributed by atoms with Gasteiger partial charge in [0.05, 0.1) is 38.8 Å². The van der Waals surface area contributed by atoms with Crippen LogP contribution in [0.1, 0.15) is 25.0 Å². The molecule has 0 amide bonds. The Hall–Kier alpha value is -6.84. The molecule has 0 spiro atoms. The fourth-order valence-corrected chi connectivity index (χ4v) is 9.81. The first kappa shape index (κ1) is 29.7. The van der Waals surface area contributed by atoms with E-state index < -0.39 is 0 Å². The van der Waals surface area contributed by atoms with Gasteiger partial charge in [0.25, 0.3) is 0 Å². The quantitative estimate of drug-likeness (QED) is 0.168. The standard InChI is InChI=1S/C51H35N3/c1-51(2)42-20-10-6-17-36(42)37-26-24-33(30-43(37)51)52(44-21-11-7-16-35(44)32-14-4-3-5-15-32)34-25-29-47-48(31-34)54-46-23-13-9-19-39(46)41-28-27-40-38-18-8-12-22-45(38)53(47)49(40)50(41)54/h3-31H,1-2H3. The molecule has 254 valence electrons. The van der Waals surface area contributed by atoms with Crippen molar-refractivity contribution >= 4 is 71.7 Å². The van der Waals surface area contributed by atoms with Crippen LogP contribution in [0.4, 0.5) is 17.1 Å². The van der Waals surface area contributed by atoms with E-state index in [4.69, 9.17) is 0 Å². The van der Waals surface area contributed by atoms with E-state index in [-0.39, 0.29) is 5.41 Å². The summed E-state index contributed by atoms with van der Waals surface area (Å²) in [7, 11) is 0. The number of hydrogen-bond donors (Lipinski definition) is 0. The molecule has 8 aromatic carbocycles. The number of fused-ring (bicyclic) bond motifs is 12. The van der Waals surface area contributed by atoms with Crippen molar-refractivity contribution in [1.29, 1.82) is 0 Å². The van der Waals surface area contributed by atoms with Gasteiger partial charge in [-0.25, -0.2) is 0 Å². The summed E-state index contributed by atoms with van der Waals surface area (Å²) in [6.07, 6.45) is 0. The third-order valence-corrected chi connectivity index (χ3v) is 12.2. The highest BCUT2D eigenvalue weighted by molar-refractivity contribution is 6.25. The zero-order chi connectivity index (χ0) is 35.7. The Morgan fingerprint density at radius 2 is 0.944 bits per heavy atom. The molecule has 3 aromatic heterocycles. The van der Waals surface area contributed by atoms with Crippen LogP contribution in [0, 0.1) is 0 Å². The van der Waals surface area contributed by atoms with Gasteiger partial charge in [-0.3, -0.25) is 0 Å². The zero-order valence-electron chi connectivity index (χ0n) is 30.1. The second kappa shape index (κ2) is 10.6. The van der Waals surface area contributed by atoms with E-state index in [1.165, 1.54) is 88.0 Å². The predicted octanol–water partition coefficient (Wildman–Crippen LogP) is 13.7. The number of aromatic nitrogens is 2. The highest BCUT2D eigenvalue weighted by Crippen LogP contribution is 2.52. The lowest BCUT2D eigenvalue weighted by Gasteiger charge is -2.30. The number of benzene rings is 8. The third-order valence-electron chi connectivity index (χ3n) is 12.2. The van der Waals surface area contributed by atoms with Crippen molar-refractivity contribution < 1.29 is 0 Å². The number of nitrogens with zero attached hydrogens (tertiary/aromatic N) is 3. The molecule has 11 aromatic rings. The van der Waals surface area contributed by atoms with Crippen LogP contribution in [0.3, 0.4) is 0 Å². The Labute approximate surface area is 312 Å². The summed E-state index contributed by atoms with van der Waals surface area (Å²) in [5.74, 6) is 0. The molecule has 0 atom stereocenters. The summed E-state index contributed by atoms with van der Waals surface area (Å²) in [5.41, 5.74) is 18.4. The molecular formula is C51H35N3. The smallest absolute Gasteiger partial charge is 0.0789 e. The maximum atomic E-state index is 2.52. The highest BCUT2D eigenvalue weighted by atomic mass is 15.1. The normalized spacial score (nSPS) is 13.5. The molecule has 0 aliphatic heterocycles. The third kappa shape index (κ3) is 3.80. The number of anilines is 3. The minimum atomic E-state index is -0.122. The molecule has 1 aliphatic carbocycles. The number of hydrogen-bond acceptors (Lipinski definition) is 1. The van der Waals surface area contributed by atoms with Gasteiger partial charge < -0.3 is 13.7 Å². The molecule has 0 radical (unpaired) electrons. The first-order valence-electron chi connectivity index (χ1n) is 18.9. The van der Waals surface area contributed by atoms with Gasteiger partial charge in [0, 0.05) is 43.9 Å². The van der Waals surface area contributed by atoms with E-state index in [9.17, 15) is 0 Å². The van der Waals surface area contributed by atoms with Crippen LogP contribution in [-0.2, 0) is 5.41 Å². The van der Waals surface area contributed by atoms with Crippen molar-refractivity contribution in [2.24, 2.45) is 0 Å². The molecule has 54 heavy (non-hydrogen) atoms. The van der Waals surface area contributed by atoms with Crippen LogP contribution >= 0.6 is 0 Å². The molecule has 0 unspecified atom stereocenters. The van der Waals surface area contributed by atoms with Crippen molar-refractivity contribution in [3.05, 3.63) is 187 Å². The lowest BCUT2D eigenvalue weighted by Crippen LogP contribution is -2.17. The minimum absolute atomic E-state index is 0.122. The molecular weight excluding hydrogens is 655 g/mol. The van der Waals surface area contributed by atoms with Crippen LogP contribution < -0.4 is 4.90 Å². The van der Waals surface area contributed by atoms with Gasteiger partial charge in [-0.1, -0.05) is 141 Å². The Balaban J connectivity index is 1.20. The summed E-state index contributed by atoms with van der Waals surface area (Å²) in [6.45, 7) is 4.73. The van der Waals surface area contributed by atoms with Gasteiger partial charge in [-0.05, 0) is 76.3 Å². The van der Waals surface area contributed by atoms with Gasteiger partial charge in [-0.15, -0.1) is 0 Å². The minimum Gasteiger partial charge on any atom is -0.310 e. The van der Waals surface area contributed by atoms with Crippen LogP contribution in [0.2, 0.25) is 0 Å². The molecule has 0 bridgehead atoms. The first-order chi connectivity index (χ1) is 26.6. The van der Waals surface area contributed by atoms with Crippen molar-refractivity contribution in [1.82, 2.24) is 8.80 Å². The Kier molecular flexibility index (Phi) is 5.84. The first-order valence-corrected chi connectivity index (χ1v) is 18.9. The molecule has 3 nitrogen and oxygen atoms in total. The van der Waals surface area contributed by atoms with Gasteiger partial charge in [0.1, 0.15) is 0 Å². The monoisotopic (exact) mass is 689 g/mol. The van der Waals surface area contributed by atoms with Gasteiger partial charge in [0.15, 0.2) is 0 Å². The maximum Gasteiger partial charge on any atom is 0.0789 e. The van der Waals surface area contributed by atoms with Crippen molar-refractivity contribution in [2.75, 3.05) is 4.90 Å². The van der Waals surface area contributed by atoms with E-state index >= 15 is 0 Å². The van der Waals surface area contributed by atoms with E-state index in [0.717, 1.165) is 17.1 Å². The van der Waals surface area contributed by atoms with Crippen LogP contribution in [0.25, 0.3) is 76.9 Å². The lowest BCUT2D eigenvalue weighted by atomic mass is 9.82. The van der Waals surface area contributed by atoms with Gasteiger partial charge in [0.2, 0.25) is 0 Å². The Morgan fingerprint density at radius 3 is 1.69 bits per heavy atom. The maximum absolute atomic E-state index is 2.52. The fraction of sp³-hybridized carbons (Fsp3) is 0.0588. The molecule has 1 aliphatic rings. The molecule has 0 saturated heterocycles. The van der Waals surface area contributed by atoms with Crippen LogP contribution in [0.15, 0.2) is 176 Å². The van der Waals surface area contributed by atoms with Crippen LogP contribution in [-0.4, -0.2) is 8.80 Å². The predicted molar refractivity (Wildman–Crippen MR) is 227 cm³/mol. The average molecular weight is 690 g/mol. The fourth-order valence-electron chi connectivity index (χ4n) is 9.81. The van der Waals surface area contributed by atoms with E-state index in [2.05, 4.69) is 203 Å². The molecule has 0 saturated carbocycles. The molecule has 0 N–H and O–H groups in total. The summed E-state index contributed by atoms with van der Waals surface area (Å²) in [5, 5.41) is 5.13. The Bertz CT molecular complexity index is 3310. The van der Waals surface area contributed by atoms with Crippen molar-refractivity contribution in [2.45, 2.75) is 19.3 Å². The zero-order valence-corrected chi connectivity index (χ0v) is 30.1. The summed E-state index contributed by atoms with van der Waals surface area (Å²) in [4.78, 5) is 2.48. The molecule has 3 heteroatoms. The average Bonchev–Trinajstić information content (AvgIpc) is 3.82. The summed E-state index contributed by atoms with van der Waals surface area (Å²) in [6, 6.07) is 65.1. The number of para-hydroxylation sites is 3. The van der Waals surface area contributed by atoms with E-state index in [1.54, 1.807) is 0 Å². The van der Waals surface area contributed by atoms with Gasteiger partial charge >= 0.3 is 0 Å². The summed E-state index contributed by atoms with van der Waals surface area (Å²) >= 11 is 0. The van der Waals surface area contributed by atoms with Crippen molar-refractivity contribution in [3.8, 4) is 22.3 Å². The largest absolute Gasteiger partial charge is 0.310 e. The lowest BCUT2D eigenvalue weighted by molar-refractivity contribution is 0.660. The second-order valence-electron chi connectivity index (χ2n) is 15.4. The van der Waals surface area contributed by atoms with Gasteiger partial charge in [-0.2, -0.15) is 0 Å². The van der Waals surface area contributed by atoms with E-state index in [1.807, 2.05) is 0 Å². The van der Waals surface area contributed by atoms with Crippen LogP contribution in [0.5, 0.6) is 0 Å². The van der Waals surface area contributed by atoms with E-state index in [0.29, 0.717) is 0 Å².